The highest BCUT2D eigenvalue weighted by Crippen LogP contribution is 2.38. The van der Waals surface area contributed by atoms with Gasteiger partial charge in [-0.25, -0.2) is 4.98 Å². The molecule has 4 atom stereocenters. The van der Waals surface area contributed by atoms with Crippen molar-refractivity contribution in [3.05, 3.63) is 29.5 Å². The van der Waals surface area contributed by atoms with Gasteiger partial charge >= 0.3 is 0 Å². The van der Waals surface area contributed by atoms with Gasteiger partial charge in [0.2, 0.25) is 11.7 Å². The molecule has 0 fully saturated rings. The first-order valence-corrected chi connectivity index (χ1v) is 9.57. The van der Waals surface area contributed by atoms with E-state index in [1.165, 1.54) is 0 Å². The van der Waals surface area contributed by atoms with E-state index < -0.39 is 31.0 Å². The normalized spacial score (nSPS) is 14.2. The zero-order chi connectivity index (χ0) is 25.1. The number of benzene rings is 1. The van der Waals surface area contributed by atoms with Gasteiger partial charge in [-0.15, -0.1) is 0 Å². The Balaban J connectivity index is 0.000000389. The number of nitrogens with two attached hydrogens (primary N) is 2. The summed E-state index contributed by atoms with van der Waals surface area (Å²) in [6.45, 7) is -0.760. The predicted molar refractivity (Wildman–Crippen MR) is 117 cm³/mol. The number of rotatable bonds is 10. The number of aldehydes is 1. The van der Waals surface area contributed by atoms with Crippen LogP contribution in [0.2, 0.25) is 0 Å². The maximum Gasteiger partial charge on any atom is 0.221 e. The first-order valence-electron chi connectivity index (χ1n) is 9.57. The van der Waals surface area contributed by atoms with Crippen LogP contribution in [0.15, 0.2) is 18.3 Å². The Hall–Kier alpha value is -3.23. The highest BCUT2D eigenvalue weighted by Gasteiger charge is 2.29. The van der Waals surface area contributed by atoms with Crippen molar-refractivity contribution < 1.29 is 44.5 Å². The fourth-order valence-corrected chi connectivity index (χ4v) is 2.65. The molecule has 0 spiro atoms. The highest BCUT2D eigenvalue weighted by molar-refractivity contribution is 5.57. The van der Waals surface area contributed by atoms with Crippen molar-refractivity contribution in [3.63, 3.8) is 0 Å². The Kier molecular flexibility index (Phi) is 11.2. The smallest absolute Gasteiger partial charge is 0.221 e. The number of nitrogens with zero attached hydrogens (tertiary/aromatic N) is 2. The van der Waals surface area contributed by atoms with Crippen LogP contribution in [0.5, 0.6) is 17.2 Å². The van der Waals surface area contributed by atoms with Gasteiger partial charge < -0.3 is 56.0 Å². The van der Waals surface area contributed by atoms with Crippen molar-refractivity contribution in [3.8, 4) is 17.2 Å². The van der Waals surface area contributed by atoms with E-state index in [1.807, 2.05) is 12.1 Å². The van der Waals surface area contributed by atoms with Gasteiger partial charge in [-0.2, -0.15) is 4.98 Å². The molecule has 0 aliphatic heterocycles. The molecule has 0 aliphatic rings. The van der Waals surface area contributed by atoms with Crippen molar-refractivity contribution in [1.29, 1.82) is 0 Å². The molecule has 184 valence electrons. The van der Waals surface area contributed by atoms with E-state index in [2.05, 4.69) is 9.97 Å². The van der Waals surface area contributed by atoms with Crippen LogP contribution in [0.4, 0.5) is 11.8 Å². The lowest BCUT2D eigenvalue weighted by Crippen LogP contribution is -2.46. The van der Waals surface area contributed by atoms with Crippen LogP contribution in [0.1, 0.15) is 11.1 Å². The minimum absolute atomic E-state index is 0.0258. The number of hydrogen-bond donors (Lipinski definition) is 7. The molecule has 33 heavy (non-hydrogen) atoms. The number of nitrogen functional groups attached to an aromatic ring is 2. The number of aliphatic hydroxyl groups is 5. The standard InChI is InChI=1S/C14H18N4O3.C6H12O6/c1-19-10-5-8(6-11(20-2)12(10)21-3)4-9-7-17-14(16)18-13(9)15;7-1-3(9)5(11)6(12)4(10)2-8/h5-7H,4H2,1-3H3,(H4,15,16,17,18);1,3-6,8-12H,2H2/t;3-,4+,5+,6+/m.0/s1. The Labute approximate surface area is 190 Å². The van der Waals surface area contributed by atoms with Crippen molar-refractivity contribution in [2.75, 3.05) is 39.4 Å². The number of aliphatic hydroxyl groups excluding tert-OH is 5. The van der Waals surface area contributed by atoms with E-state index in [-0.39, 0.29) is 12.2 Å². The van der Waals surface area contributed by atoms with Gasteiger partial charge in [0.25, 0.3) is 0 Å². The molecule has 2 rings (SSSR count). The summed E-state index contributed by atoms with van der Waals surface area (Å²) in [5, 5.41) is 43.5. The molecular weight excluding hydrogens is 440 g/mol. The third-order valence-corrected chi connectivity index (χ3v) is 4.46. The zero-order valence-corrected chi connectivity index (χ0v) is 18.5. The second-order valence-electron chi connectivity index (χ2n) is 6.71. The van der Waals surface area contributed by atoms with Crippen molar-refractivity contribution in [1.82, 2.24) is 9.97 Å². The quantitative estimate of drug-likeness (QED) is 0.185. The maximum atomic E-state index is 9.90. The summed E-state index contributed by atoms with van der Waals surface area (Å²) in [7, 11) is 4.70. The van der Waals surface area contributed by atoms with Crippen molar-refractivity contribution in [2.45, 2.75) is 30.8 Å². The number of hydrogen-bond acceptors (Lipinski definition) is 13. The summed E-state index contributed by atoms with van der Waals surface area (Å²) in [6, 6.07) is 3.72. The van der Waals surface area contributed by atoms with Crippen LogP contribution in [0.3, 0.4) is 0 Å². The summed E-state index contributed by atoms with van der Waals surface area (Å²) < 4.78 is 15.9. The van der Waals surface area contributed by atoms with Gasteiger partial charge in [0, 0.05) is 18.2 Å². The Morgan fingerprint density at radius 1 is 1.00 bits per heavy atom. The number of methoxy groups -OCH3 is 3. The molecule has 13 nitrogen and oxygen atoms in total. The lowest BCUT2D eigenvalue weighted by molar-refractivity contribution is -0.136. The molecule has 0 aliphatic carbocycles. The van der Waals surface area contributed by atoms with E-state index in [0.717, 1.165) is 11.1 Å². The van der Waals surface area contributed by atoms with Crippen LogP contribution >= 0.6 is 0 Å². The van der Waals surface area contributed by atoms with Gasteiger partial charge in [-0.1, -0.05) is 0 Å². The van der Waals surface area contributed by atoms with Gasteiger partial charge in [0.1, 0.15) is 30.2 Å². The SMILES string of the molecule is COc1cc(Cc2cnc(N)nc2N)cc(OC)c1OC.O=C[C@H](O)[C@@H](O)[C@H](O)[C@H](O)CO. The largest absolute Gasteiger partial charge is 0.493 e. The Morgan fingerprint density at radius 2 is 1.58 bits per heavy atom. The van der Waals surface area contributed by atoms with Crippen LogP contribution < -0.4 is 25.7 Å². The van der Waals surface area contributed by atoms with Gasteiger partial charge in [-0.05, 0) is 17.7 Å². The minimum Gasteiger partial charge on any atom is -0.493 e. The number of aromatic nitrogens is 2. The molecule has 0 amide bonds. The lowest BCUT2D eigenvalue weighted by atomic mass is 10.0. The maximum absolute atomic E-state index is 9.90. The molecule has 1 aromatic carbocycles. The number of anilines is 2. The molecule has 0 saturated heterocycles. The highest BCUT2D eigenvalue weighted by atomic mass is 16.5. The van der Waals surface area contributed by atoms with Crippen LogP contribution in [-0.4, -0.2) is 94.1 Å². The van der Waals surface area contributed by atoms with Crippen LogP contribution in [0, 0.1) is 0 Å². The summed E-state index contributed by atoms with van der Waals surface area (Å²) in [4.78, 5) is 17.8. The van der Waals surface area contributed by atoms with Crippen LogP contribution in [0.25, 0.3) is 0 Å². The molecule has 1 aromatic heterocycles. The minimum atomic E-state index is -1.79. The van der Waals surface area contributed by atoms with E-state index in [9.17, 15) is 4.79 Å². The molecule has 9 N–H and O–H groups in total. The molecule has 0 radical (unpaired) electrons. The van der Waals surface area contributed by atoms with Gasteiger partial charge in [-0.3, -0.25) is 0 Å². The third-order valence-electron chi connectivity index (χ3n) is 4.46. The van der Waals surface area contributed by atoms with E-state index in [1.54, 1.807) is 27.5 Å². The summed E-state index contributed by atoms with van der Waals surface area (Å²) in [6.07, 6.45) is -4.70. The van der Waals surface area contributed by atoms with Gasteiger partial charge in [0.15, 0.2) is 17.8 Å². The second-order valence-corrected chi connectivity index (χ2v) is 6.71. The Bertz CT molecular complexity index is 875. The third kappa shape index (κ3) is 7.69. The van der Waals surface area contributed by atoms with Crippen molar-refractivity contribution >= 4 is 18.1 Å². The predicted octanol–water partition coefficient (Wildman–Crippen LogP) is -2.12. The number of ether oxygens (including phenoxy) is 3. The topological polar surface area (TPSA) is 224 Å². The summed E-state index contributed by atoms with van der Waals surface area (Å²) >= 11 is 0. The fourth-order valence-electron chi connectivity index (χ4n) is 2.65. The molecular formula is C20H30N4O9. The molecule has 0 saturated carbocycles. The fraction of sp³-hybridized carbons (Fsp3) is 0.450. The van der Waals surface area contributed by atoms with E-state index in [4.69, 9.17) is 51.2 Å². The lowest BCUT2D eigenvalue weighted by Gasteiger charge is -2.22. The summed E-state index contributed by atoms with van der Waals surface area (Å²) in [5.41, 5.74) is 13.1. The molecule has 1 heterocycles. The molecule has 0 unspecified atom stereocenters. The average molecular weight is 470 g/mol. The average Bonchev–Trinajstić information content (AvgIpc) is 2.83. The van der Waals surface area contributed by atoms with E-state index >= 15 is 0 Å². The first kappa shape index (κ1) is 27.8. The number of carbonyl (C=O) groups is 1. The van der Waals surface area contributed by atoms with E-state index in [0.29, 0.717) is 29.5 Å². The molecule has 2 aromatic rings. The van der Waals surface area contributed by atoms with Crippen LogP contribution in [-0.2, 0) is 11.2 Å². The monoisotopic (exact) mass is 470 g/mol. The first-order chi connectivity index (χ1) is 15.6. The Morgan fingerprint density at radius 3 is 2.00 bits per heavy atom. The molecule has 13 heteroatoms. The van der Waals surface area contributed by atoms with Gasteiger partial charge in [0.05, 0.1) is 27.9 Å². The second kappa shape index (κ2) is 13.3. The molecule has 0 bridgehead atoms. The zero-order valence-electron chi connectivity index (χ0n) is 18.5. The van der Waals surface area contributed by atoms with Crippen molar-refractivity contribution in [2.24, 2.45) is 0 Å². The number of carbonyl (C=O) groups excluding carboxylic acids is 1. The summed E-state index contributed by atoms with van der Waals surface area (Å²) in [5.74, 6) is 2.23.